The number of nitrogens with one attached hydrogen (secondary N) is 1. The van der Waals surface area contributed by atoms with Crippen LogP contribution >= 0.6 is 11.8 Å². The smallest absolute Gasteiger partial charge is 0.324 e. The van der Waals surface area contributed by atoms with Gasteiger partial charge in [0.15, 0.2) is 0 Å². The minimum absolute atomic E-state index is 0.627. The highest BCUT2D eigenvalue weighted by Crippen LogP contribution is 2.28. The number of unbranched alkanes of at least 4 members (excludes halogenated alkanes) is 2. The van der Waals surface area contributed by atoms with Gasteiger partial charge in [0, 0.05) is 5.75 Å². The SMILES string of the molecule is CCCCCNC1(C(=O)O)CCSC1. The van der Waals surface area contributed by atoms with Crippen molar-refractivity contribution >= 4 is 17.7 Å². The molecule has 3 nitrogen and oxygen atoms in total. The van der Waals surface area contributed by atoms with Gasteiger partial charge in [-0.05, 0) is 25.1 Å². The van der Waals surface area contributed by atoms with Crippen LogP contribution in [0.3, 0.4) is 0 Å². The van der Waals surface area contributed by atoms with E-state index >= 15 is 0 Å². The second-order valence-electron chi connectivity index (χ2n) is 3.82. The van der Waals surface area contributed by atoms with Gasteiger partial charge in [-0.15, -0.1) is 0 Å². The molecule has 0 bridgehead atoms. The Hall–Kier alpha value is -0.220. The standard InChI is InChI=1S/C10H19NO2S/c1-2-3-4-6-11-10(9(12)13)5-7-14-8-10/h11H,2-8H2,1H3,(H,12,13). The molecule has 2 N–H and O–H groups in total. The number of thioether (sulfide) groups is 1. The van der Waals surface area contributed by atoms with Crippen molar-refractivity contribution < 1.29 is 9.90 Å². The highest BCUT2D eigenvalue weighted by Gasteiger charge is 2.41. The van der Waals surface area contributed by atoms with Gasteiger partial charge in [-0.2, -0.15) is 11.8 Å². The Morgan fingerprint density at radius 1 is 1.57 bits per heavy atom. The maximum atomic E-state index is 11.1. The fourth-order valence-corrected chi connectivity index (χ4v) is 3.01. The van der Waals surface area contributed by atoms with Gasteiger partial charge >= 0.3 is 5.97 Å². The average Bonchev–Trinajstić information content (AvgIpc) is 2.62. The van der Waals surface area contributed by atoms with Crippen LogP contribution in [0, 0.1) is 0 Å². The maximum absolute atomic E-state index is 11.1. The summed E-state index contributed by atoms with van der Waals surface area (Å²) in [5.74, 6) is 1.00. The molecule has 0 saturated carbocycles. The van der Waals surface area contributed by atoms with Gasteiger partial charge in [0.1, 0.15) is 5.54 Å². The van der Waals surface area contributed by atoms with Crippen LogP contribution in [0.2, 0.25) is 0 Å². The first-order valence-corrected chi connectivity index (χ1v) is 6.43. The normalized spacial score (nSPS) is 26.6. The number of rotatable bonds is 6. The summed E-state index contributed by atoms with van der Waals surface area (Å²) >= 11 is 1.73. The zero-order chi connectivity index (χ0) is 10.4. The third-order valence-corrected chi connectivity index (χ3v) is 3.86. The first-order chi connectivity index (χ1) is 6.71. The van der Waals surface area contributed by atoms with Gasteiger partial charge in [-0.3, -0.25) is 4.79 Å². The van der Waals surface area contributed by atoms with Crippen molar-refractivity contribution in [3.63, 3.8) is 0 Å². The lowest BCUT2D eigenvalue weighted by atomic mass is 9.99. The Labute approximate surface area is 89.6 Å². The second kappa shape index (κ2) is 5.61. The molecule has 14 heavy (non-hydrogen) atoms. The Kier molecular flexibility index (Phi) is 4.75. The molecule has 1 atom stereocenters. The number of hydrogen-bond acceptors (Lipinski definition) is 3. The van der Waals surface area contributed by atoms with Crippen LogP contribution in [0.25, 0.3) is 0 Å². The van der Waals surface area contributed by atoms with E-state index in [1.54, 1.807) is 11.8 Å². The molecule has 0 aromatic carbocycles. The molecule has 4 heteroatoms. The lowest BCUT2D eigenvalue weighted by molar-refractivity contribution is -0.143. The molecule has 0 spiro atoms. The predicted octanol–water partition coefficient (Wildman–Crippen LogP) is 1.73. The molecule has 1 saturated heterocycles. The van der Waals surface area contributed by atoms with E-state index in [-0.39, 0.29) is 0 Å². The summed E-state index contributed by atoms with van der Waals surface area (Å²) in [6, 6.07) is 0. The van der Waals surface area contributed by atoms with Gasteiger partial charge in [-0.1, -0.05) is 19.8 Å². The van der Waals surface area contributed by atoms with E-state index in [4.69, 9.17) is 5.11 Å². The molecule has 0 aromatic rings. The largest absolute Gasteiger partial charge is 0.480 e. The summed E-state index contributed by atoms with van der Waals surface area (Å²) in [7, 11) is 0. The van der Waals surface area contributed by atoms with Crippen molar-refractivity contribution in [1.29, 1.82) is 0 Å². The van der Waals surface area contributed by atoms with E-state index in [2.05, 4.69) is 12.2 Å². The molecule has 0 radical (unpaired) electrons. The highest BCUT2D eigenvalue weighted by molar-refractivity contribution is 7.99. The van der Waals surface area contributed by atoms with E-state index in [0.29, 0.717) is 5.75 Å². The van der Waals surface area contributed by atoms with Gasteiger partial charge in [0.25, 0.3) is 0 Å². The molecular formula is C10H19NO2S. The molecule has 1 rings (SSSR count). The van der Waals surface area contributed by atoms with Crippen molar-refractivity contribution in [3.05, 3.63) is 0 Å². The molecule has 0 aliphatic carbocycles. The molecule has 0 aromatic heterocycles. The monoisotopic (exact) mass is 217 g/mol. The average molecular weight is 217 g/mol. The molecule has 1 unspecified atom stereocenters. The van der Waals surface area contributed by atoms with Gasteiger partial charge in [-0.25, -0.2) is 0 Å². The van der Waals surface area contributed by atoms with Crippen LogP contribution in [0.1, 0.15) is 32.6 Å². The second-order valence-corrected chi connectivity index (χ2v) is 4.93. The fraction of sp³-hybridized carbons (Fsp3) is 0.900. The Morgan fingerprint density at radius 2 is 2.36 bits per heavy atom. The molecule has 1 aliphatic rings. The van der Waals surface area contributed by atoms with Crippen LogP contribution < -0.4 is 5.32 Å². The molecule has 1 aliphatic heterocycles. The van der Waals surface area contributed by atoms with Crippen molar-refractivity contribution in [2.75, 3.05) is 18.1 Å². The Bertz CT molecular complexity index is 191. The predicted molar refractivity (Wildman–Crippen MR) is 59.8 cm³/mol. The maximum Gasteiger partial charge on any atom is 0.324 e. The van der Waals surface area contributed by atoms with E-state index in [0.717, 1.165) is 25.1 Å². The summed E-state index contributed by atoms with van der Waals surface area (Å²) in [4.78, 5) is 11.1. The lowest BCUT2D eigenvalue weighted by Gasteiger charge is -2.24. The molecular weight excluding hydrogens is 198 g/mol. The van der Waals surface area contributed by atoms with Crippen LogP contribution in [-0.4, -0.2) is 34.7 Å². The minimum atomic E-state index is -0.681. The number of hydrogen-bond donors (Lipinski definition) is 2. The zero-order valence-electron chi connectivity index (χ0n) is 8.71. The quantitative estimate of drug-likeness (QED) is 0.665. The summed E-state index contributed by atoms with van der Waals surface area (Å²) in [6.07, 6.45) is 4.20. The summed E-state index contributed by atoms with van der Waals surface area (Å²) in [6.45, 7) is 2.99. The third kappa shape index (κ3) is 2.89. The zero-order valence-corrected chi connectivity index (χ0v) is 9.53. The summed E-state index contributed by atoms with van der Waals surface area (Å²) in [5, 5.41) is 12.4. The topological polar surface area (TPSA) is 49.3 Å². The van der Waals surface area contributed by atoms with Gasteiger partial charge < -0.3 is 10.4 Å². The number of aliphatic carboxylic acids is 1. The molecule has 0 amide bonds. The van der Waals surface area contributed by atoms with Crippen molar-refractivity contribution in [2.45, 2.75) is 38.1 Å². The van der Waals surface area contributed by atoms with E-state index in [1.165, 1.54) is 12.8 Å². The van der Waals surface area contributed by atoms with Gasteiger partial charge in [0.05, 0.1) is 0 Å². The first kappa shape index (κ1) is 11.9. The fourth-order valence-electron chi connectivity index (χ4n) is 1.65. The summed E-state index contributed by atoms with van der Waals surface area (Å²) in [5.41, 5.74) is -0.627. The first-order valence-electron chi connectivity index (χ1n) is 5.27. The van der Waals surface area contributed by atoms with Crippen LogP contribution in [-0.2, 0) is 4.79 Å². The number of carboxylic acid groups (broad SMARTS) is 1. The van der Waals surface area contributed by atoms with Crippen molar-refractivity contribution in [2.24, 2.45) is 0 Å². The van der Waals surface area contributed by atoms with Crippen LogP contribution in [0.4, 0.5) is 0 Å². The van der Waals surface area contributed by atoms with Crippen LogP contribution in [0.5, 0.6) is 0 Å². The Morgan fingerprint density at radius 3 is 2.86 bits per heavy atom. The lowest BCUT2D eigenvalue weighted by Crippen LogP contribution is -2.52. The summed E-state index contributed by atoms with van der Waals surface area (Å²) < 4.78 is 0. The highest BCUT2D eigenvalue weighted by atomic mass is 32.2. The number of carboxylic acids is 1. The van der Waals surface area contributed by atoms with Crippen molar-refractivity contribution in [1.82, 2.24) is 5.32 Å². The van der Waals surface area contributed by atoms with Crippen LogP contribution in [0.15, 0.2) is 0 Å². The van der Waals surface area contributed by atoms with E-state index < -0.39 is 11.5 Å². The Balaban J connectivity index is 2.33. The number of carbonyl (C=O) groups is 1. The van der Waals surface area contributed by atoms with E-state index in [9.17, 15) is 4.79 Å². The molecule has 1 heterocycles. The molecule has 1 fully saturated rings. The molecule has 82 valence electrons. The van der Waals surface area contributed by atoms with Gasteiger partial charge in [0.2, 0.25) is 0 Å². The van der Waals surface area contributed by atoms with E-state index in [1.807, 2.05) is 0 Å². The minimum Gasteiger partial charge on any atom is -0.480 e. The van der Waals surface area contributed by atoms with Crippen molar-refractivity contribution in [3.8, 4) is 0 Å². The third-order valence-electron chi connectivity index (χ3n) is 2.67.